The minimum absolute atomic E-state index is 0.539. The molecule has 124 valence electrons. The molecule has 0 fully saturated rings. The van der Waals surface area contributed by atoms with Gasteiger partial charge < -0.3 is 14.8 Å². The van der Waals surface area contributed by atoms with Gasteiger partial charge in [-0.1, -0.05) is 32.9 Å². The van der Waals surface area contributed by atoms with Crippen molar-refractivity contribution in [1.29, 1.82) is 0 Å². The van der Waals surface area contributed by atoms with Gasteiger partial charge in [0.2, 0.25) is 0 Å². The van der Waals surface area contributed by atoms with Gasteiger partial charge in [0.05, 0.1) is 13.2 Å². The molecule has 0 radical (unpaired) electrons. The summed E-state index contributed by atoms with van der Waals surface area (Å²) in [6.45, 7) is 8.71. The summed E-state index contributed by atoms with van der Waals surface area (Å²) in [6, 6.07) is 16.4. The minimum Gasteiger partial charge on any atom is -0.494 e. The van der Waals surface area contributed by atoms with Gasteiger partial charge in [0, 0.05) is 12.2 Å². The molecular formula is C20H27NO2. The zero-order valence-electron chi connectivity index (χ0n) is 14.3. The largest absolute Gasteiger partial charge is 0.494 e. The maximum atomic E-state index is 5.69. The van der Waals surface area contributed by atoms with Crippen molar-refractivity contribution in [3.63, 3.8) is 0 Å². The second-order valence-electron chi connectivity index (χ2n) is 6.08. The van der Waals surface area contributed by atoms with Crippen LogP contribution in [-0.4, -0.2) is 13.2 Å². The first-order chi connectivity index (χ1) is 11.2. The van der Waals surface area contributed by atoms with E-state index < -0.39 is 0 Å². The van der Waals surface area contributed by atoms with Crippen LogP contribution in [0.25, 0.3) is 0 Å². The summed E-state index contributed by atoms with van der Waals surface area (Å²) < 4.78 is 11.3. The Hall–Kier alpha value is -2.16. The second kappa shape index (κ2) is 9.09. The third-order valence-electron chi connectivity index (χ3n) is 3.33. The number of hydrogen-bond donors (Lipinski definition) is 1. The monoisotopic (exact) mass is 313 g/mol. The Labute approximate surface area is 139 Å². The molecule has 0 heterocycles. The molecule has 2 aromatic carbocycles. The Bertz CT molecular complexity index is 561. The summed E-state index contributed by atoms with van der Waals surface area (Å²) in [5.41, 5.74) is 2.32. The molecule has 0 saturated heterocycles. The molecule has 0 spiro atoms. The molecule has 1 N–H and O–H groups in total. The molecule has 0 atom stereocenters. The fourth-order valence-electron chi connectivity index (χ4n) is 2.06. The average molecular weight is 313 g/mol. The molecular weight excluding hydrogens is 286 g/mol. The SMILES string of the molecule is CCCOc1ccc(CNc2ccc(OCC(C)C)cc2)cc1. The molecule has 0 aliphatic rings. The molecule has 0 unspecified atom stereocenters. The van der Waals surface area contributed by atoms with E-state index >= 15 is 0 Å². The molecule has 3 heteroatoms. The van der Waals surface area contributed by atoms with Crippen molar-refractivity contribution < 1.29 is 9.47 Å². The molecule has 2 rings (SSSR count). The van der Waals surface area contributed by atoms with Gasteiger partial charge in [-0.15, -0.1) is 0 Å². The molecule has 0 bridgehead atoms. The summed E-state index contributed by atoms with van der Waals surface area (Å²) in [6.07, 6.45) is 1.03. The van der Waals surface area contributed by atoms with E-state index in [9.17, 15) is 0 Å². The highest BCUT2D eigenvalue weighted by molar-refractivity contribution is 5.47. The highest BCUT2D eigenvalue weighted by atomic mass is 16.5. The quantitative estimate of drug-likeness (QED) is 0.697. The zero-order chi connectivity index (χ0) is 16.5. The zero-order valence-corrected chi connectivity index (χ0v) is 14.3. The number of benzene rings is 2. The van der Waals surface area contributed by atoms with Crippen LogP contribution in [0.2, 0.25) is 0 Å². The fraction of sp³-hybridized carbons (Fsp3) is 0.400. The Morgan fingerprint density at radius 3 is 2.09 bits per heavy atom. The summed E-state index contributed by atoms with van der Waals surface area (Å²) in [5, 5.41) is 3.42. The van der Waals surface area contributed by atoms with E-state index in [-0.39, 0.29) is 0 Å². The lowest BCUT2D eigenvalue weighted by Crippen LogP contribution is -2.04. The van der Waals surface area contributed by atoms with Crippen LogP contribution in [0.4, 0.5) is 5.69 Å². The normalized spacial score (nSPS) is 10.6. The predicted octanol–water partition coefficient (Wildman–Crippen LogP) is 5.12. The highest BCUT2D eigenvalue weighted by Crippen LogP contribution is 2.18. The number of ether oxygens (including phenoxy) is 2. The van der Waals surface area contributed by atoms with Crippen LogP contribution >= 0.6 is 0 Å². The topological polar surface area (TPSA) is 30.5 Å². The third kappa shape index (κ3) is 6.23. The van der Waals surface area contributed by atoms with Gasteiger partial charge in [-0.3, -0.25) is 0 Å². The standard InChI is InChI=1S/C20H27NO2/c1-4-13-22-19-9-5-17(6-10-19)14-21-18-7-11-20(12-8-18)23-15-16(2)3/h5-12,16,21H,4,13-15H2,1-3H3. The first kappa shape index (κ1) is 17.2. The summed E-state index contributed by atoms with van der Waals surface area (Å²) in [5.74, 6) is 2.39. The van der Waals surface area contributed by atoms with Crippen LogP contribution < -0.4 is 14.8 Å². The van der Waals surface area contributed by atoms with E-state index in [1.165, 1.54) is 5.56 Å². The molecule has 23 heavy (non-hydrogen) atoms. The molecule has 0 saturated carbocycles. The Morgan fingerprint density at radius 2 is 1.48 bits per heavy atom. The predicted molar refractivity (Wildman–Crippen MR) is 96.3 cm³/mol. The number of hydrogen-bond acceptors (Lipinski definition) is 3. The van der Waals surface area contributed by atoms with Crippen LogP contribution in [0, 0.1) is 5.92 Å². The van der Waals surface area contributed by atoms with E-state index in [4.69, 9.17) is 9.47 Å². The van der Waals surface area contributed by atoms with Crippen LogP contribution in [0.5, 0.6) is 11.5 Å². The molecule has 0 aliphatic carbocycles. The molecule has 0 aliphatic heterocycles. The van der Waals surface area contributed by atoms with Crippen molar-refractivity contribution in [3.8, 4) is 11.5 Å². The average Bonchev–Trinajstić information content (AvgIpc) is 2.58. The van der Waals surface area contributed by atoms with Gasteiger partial charge in [-0.05, 0) is 54.3 Å². The van der Waals surface area contributed by atoms with Gasteiger partial charge in [0.25, 0.3) is 0 Å². The van der Waals surface area contributed by atoms with Crippen LogP contribution in [-0.2, 0) is 6.54 Å². The molecule has 0 amide bonds. The summed E-state index contributed by atoms with van der Waals surface area (Å²) in [7, 11) is 0. The van der Waals surface area contributed by atoms with E-state index in [1.807, 2.05) is 36.4 Å². The van der Waals surface area contributed by atoms with E-state index in [0.29, 0.717) is 5.92 Å². The van der Waals surface area contributed by atoms with E-state index in [2.05, 4.69) is 38.2 Å². The van der Waals surface area contributed by atoms with Gasteiger partial charge in [-0.25, -0.2) is 0 Å². The summed E-state index contributed by atoms with van der Waals surface area (Å²) in [4.78, 5) is 0. The van der Waals surface area contributed by atoms with Gasteiger partial charge >= 0.3 is 0 Å². The second-order valence-corrected chi connectivity index (χ2v) is 6.08. The Morgan fingerprint density at radius 1 is 0.870 bits per heavy atom. The summed E-state index contributed by atoms with van der Waals surface area (Å²) >= 11 is 0. The first-order valence-electron chi connectivity index (χ1n) is 8.36. The Kier molecular flexibility index (Phi) is 6.79. The van der Waals surface area contributed by atoms with Crippen molar-refractivity contribution in [2.45, 2.75) is 33.7 Å². The van der Waals surface area contributed by atoms with Crippen LogP contribution in [0.15, 0.2) is 48.5 Å². The fourth-order valence-corrected chi connectivity index (χ4v) is 2.06. The lowest BCUT2D eigenvalue weighted by molar-refractivity contribution is 0.271. The molecule has 3 nitrogen and oxygen atoms in total. The third-order valence-corrected chi connectivity index (χ3v) is 3.33. The van der Waals surface area contributed by atoms with Gasteiger partial charge in [0.15, 0.2) is 0 Å². The maximum Gasteiger partial charge on any atom is 0.119 e. The van der Waals surface area contributed by atoms with Crippen molar-refractivity contribution in [2.75, 3.05) is 18.5 Å². The lowest BCUT2D eigenvalue weighted by Gasteiger charge is -2.11. The number of anilines is 1. The van der Waals surface area contributed by atoms with Crippen molar-refractivity contribution in [3.05, 3.63) is 54.1 Å². The Balaban J connectivity index is 1.81. The van der Waals surface area contributed by atoms with Crippen molar-refractivity contribution in [2.24, 2.45) is 5.92 Å². The lowest BCUT2D eigenvalue weighted by atomic mass is 10.2. The van der Waals surface area contributed by atoms with E-state index in [0.717, 1.165) is 43.4 Å². The molecule has 2 aromatic rings. The smallest absolute Gasteiger partial charge is 0.119 e. The van der Waals surface area contributed by atoms with E-state index in [1.54, 1.807) is 0 Å². The van der Waals surface area contributed by atoms with Gasteiger partial charge in [-0.2, -0.15) is 0 Å². The number of rotatable bonds is 9. The highest BCUT2D eigenvalue weighted by Gasteiger charge is 1.99. The molecule has 0 aromatic heterocycles. The van der Waals surface area contributed by atoms with Crippen molar-refractivity contribution in [1.82, 2.24) is 0 Å². The van der Waals surface area contributed by atoms with Crippen LogP contribution in [0.1, 0.15) is 32.8 Å². The van der Waals surface area contributed by atoms with Gasteiger partial charge in [0.1, 0.15) is 11.5 Å². The van der Waals surface area contributed by atoms with Crippen LogP contribution in [0.3, 0.4) is 0 Å². The number of nitrogens with one attached hydrogen (secondary N) is 1. The first-order valence-corrected chi connectivity index (χ1v) is 8.36. The van der Waals surface area contributed by atoms with Crippen molar-refractivity contribution >= 4 is 5.69 Å². The minimum atomic E-state index is 0.539. The maximum absolute atomic E-state index is 5.69.